The molecule has 94 valence electrons. The molecule has 2 N–H and O–H groups in total. The van der Waals surface area contributed by atoms with Crippen LogP contribution in [0.25, 0.3) is 6.08 Å². The summed E-state index contributed by atoms with van der Waals surface area (Å²) < 4.78 is 4.96. The molecular formula is C14H20O3. The van der Waals surface area contributed by atoms with Gasteiger partial charge in [0.25, 0.3) is 0 Å². The highest BCUT2D eigenvalue weighted by Crippen LogP contribution is 2.27. The van der Waals surface area contributed by atoms with Gasteiger partial charge < -0.3 is 14.9 Å². The van der Waals surface area contributed by atoms with E-state index >= 15 is 0 Å². The Hall–Kier alpha value is -1.48. The van der Waals surface area contributed by atoms with E-state index in [2.05, 4.69) is 0 Å². The smallest absolute Gasteiger partial charge is 0.160 e. The van der Waals surface area contributed by atoms with Crippen LogP contribution in [0.15, 0.2) is 24.3 Å². The van der Waals surface area contributed by atoms with E-state index in [0.717, 1.165) is 5.56 Å². The van der Waals surface area contributed by atoms with Crippen molar-refractivity contribution in [3.8, 4) is 11.5 Å². The van der Waals surface area contributed by atoms with E-state index in [4.69, 9.17) is 4.74 Å². The maximum Gasteiger partial charge on any atom is 0.160 e. The molecule has 0 bridgehead atoms. The number of hydrogen-bond donors (Lipinski definition) is 2. The van der Waals surface area contributed by atoms with Crippen molar-refractivity contribution in [3.05, 3.63) is 29.8 Å². The molecular weight excluding hydrogens is 216 g/mol. The van der Waals surface area contributed by atoms with Crippen molar-refractivity contribution in [2.75, 3.05) is 7.11 Å². The Kier molecular flexibility index (Phi) is 4.18. The van der Waals surface area contributed by atoms with Crippen LogP contribution in [0.2, 0.25) is 0 Å². The van der Waals surface area contributed by atoms with Crippen LogP contribution in [0.5, 0.6) is 11.5 Å². The van der Waals surface area contributed by atoms with Gasteiger partial charge >= 0.3 is 0 Å². The zero-order valence-corrected chi connectivity index (χ0v) is 10.8. The molecule has 0 aliphatic rings. The second kappa shape index (κ2) is 5.23. The number of aromatic hydroxyl groups is 1. The summed E-state index contributed by atoms with van der Waals surface area (Å²) in [5.41, 5.74) is 0.636. The van der Waals surface area contributed by atoms with Gasteiger partial charge in [0.05, 0.1) is 13.2 Å². The predicted molar refractivity (Wildman–Crippen MR) is 69.2 cm³/mol. The third-order valence-electron chi connectivity index (χ3n) is 2.56. The van der Waals surface area contributed by atoms with Crippen LogP contribution >= 0.6 is 0 Å². The average Bonchev–Trinajstić information content (AvgIpc) is 2.24. The second-order valence-corrected chi connectivity index (χ2v) is 5.10. The Morgan fingerprint density at radius 3 is 2.41 bits per heavy atom. The Morgan fingerprint density at radius 1 is 1.29 bits per heavy atom. The highest BCUT2D eigenvalue weighted by Gasteiger charge is 2.18. The van der Waals surface area contributed by atoms with E-state index in [-0.39, 0.29) is 11.2 Å². The molecule has 1 aromatic rings. The molecule has 17 heavy (non-hydrogen) atoms. The Balaban J connectivity index is 2.82. The summed E-state index contributed by atoms with van der Waals surface area (Å²) in [5.74, 6) is 0.540. The summed E-state index contributed by atoms with van der Waals surface area (Å²) in [7, 11) is 1.51. The summed E-state index contributed by atoms with van der Waals surface area (Å²) in [4.78, 5) is 0. The highest BCUT2D eigenvalue weighted by atomic mass is 16.5. The lowest BCUT2D eigenvalue weighted by Crippen LogP contribution is -2.23. The molecule has 3 heteroatoms. The number of phenolic OH excluding ortho intramolecular Hbond substituents is 1. The third kappa shape index (κ3) is 3.79. The Morgan fingerprint density at radius 2 is 1.94 bits per heavy atom. The summed E-state index contributed by atoms with van der Waals surface area (Å²) in [5, 5.41) is 19.4. The van der Waals surface area contributed by atoms with E-state index in [0.29, 0.717) is 5.75 Å². The summed E-state index contributed by atoms with van der Waals surface area (Å²) in [6.07, 6.45) is 2.99. The van der Waals surface area contributed by atoms with Gasteiger partial charge in [-0.1, -0.05) is 39.0 Å². The molecule has 0 aliphatic heterocycles. The zero-order valence-electron chi connectivity index (χ0n) is 10.8. The molecule has 0 aromatic heterocycles. The van der Waals surface area contributed by atoms with Crippen molar-refractivity contribution < 1.29 is 14.9 Å². The van der Waals surface area contributed by atoms with Crippen molar-refractivity contribution in [2.45, 2.75) is 26.9 Å². The first-order valence-corrected chi connectivity index (χ1v) is 5.58. The first-order valence-electron chi connectivity index (χ1n) is 5.58. The quantitative estimate of drug-likeness (QED) is 0.848. The molecule has 0 spiro atoms. The number of aliphatic hydroxyl groups excluding tert-OH is 1. The number of aliphatic hydroxyl groups is 1. The monoisotopic (exact) mass is 236 g/mol. The molecule has 0 saturated carbocycles. The van der Waals surface area contributed by atoms with E-state index < -0.39 is 6.10 Å². The van der Waals surface area contributed by atoms with Gasteiger partial charge in [0.1, 0.15) is 0 Å². The van der Waals surface area contributed by atoms with Crippen LogP contribution < -0.4 is 4.74 Å². The van der Waals surface area contributed by atoms with Crippen molar-refractivity contribution in [1.29, 1.82) is 0 Å². The number of phenols is 1. The van der Waals surface area contributed by atoms with Crippen molar-refractivity contribution >= 4 is 6.08 Å². The number of methoxy groups -OCH3 is 1. The van der Waals surface area contributed by atoms with Gasteiger partial charge in [0.2, 0.25) is 0 Å². The van der Waals surface area contributed by atoms with Gasteiger partial charge in [-0.05, 0) is 23.1 Å². The molecule has 3 nitrogen and oxygen atoms in total. The van der Waals surface area contributed by atoms with Gasteiger partial charge in [-0.3, -0.25) is 0 Å². The lowest BCUT2D eigenvalue weighted by atomic mass is 9.89. The van der Waals surface area contributed by atoms with Crippen LogP contribution in [0, 0.1) is 5.41 Å². The molecule has 0 fully saturated rings. The van der Waals surface area contributed by atoms with Gasteiger partial charge in [0, 0.05) is 0 Å². The van der Waals surface area contributed by atoms with Gasteiger partial charge in [-0.2, -0.15) is 0 Å². The van der Waals surface area contributed by atoms with Crippen LogP contribution in [-0.2, 0) is 0 Å². The molecule has 1 rings (SSSR count). The highest BCUT2D eigenvalue weighted by molar-refractivity contribution is 5.55. The number of benzene rings is 1. The fraction of sp³-hybridized carbons (Fsp3) is 0.429. The van der Waals surface area contributed by atoms with Crippen LogP contribution in [0.1, 0.15) is 26.3 Å². The standard InChI is InChI=1S/C14H20O3/c1-14(2,3)13(16)8-6-10-5-7-12(17-4)11(15)9-10/h5-9,13,15-16H,1-4H3. The third-order valence-corrected chi connectivity index (χ3v) is 2.56. The van der Waals surface area contributed by atoms with E-state index in [9.17, 15) is 10.2 Å². The fourth-order valence-corrected chi connectivity index (χ4v) is 1.30. The minimum atomic E-state index is -0.522. The zero-order chi connectivity index (χ0) is 13.1. The van der Waals surface area contributed by atoms with Crippen LogP contribution in [0.3, 0.4) is 0 Å². The predicted octanol–water partition coefficient (Wildman–Crippen LogP) is 2.82. The average molecular weight is 236 g/mol. The maximum atomic E-state index is 9.84. The van der Waals surface area contributed by atoms with E-state index in [1.165, 1.54) is 7.11 Å². The lowest BCUT2D eigenvalue weighted by Gasteiger charge is -2.22. The van der Waals surface area contributed by atoms with Crippen LogP contribution in [-0.4, -0.2) is 23.4 Å². The van der Waals surface area contributed by atoms with Crippen molar-refractivity contribution in [2.24, 2.45) is 5.41 Å². The van der Waals surface area contributed by atoms with E-state index in [1.807, 2.05) is 26.8 Å². The fourth-order valence-electron chi connectivity index (χ4n) is 1.30. The van der Waals surface area contributed by atoms with Crippen LogP contribution in [0.4, 0.5) is 0 Å². The minimum Gasteiger partial charge on any atom is -0.504 e. The normalized spacial score (nSPS) is 13.9. The number of hydrogen-bond acceptors (Lipinski definition) is 3. The van der Waals surface area contributed by atoms with Gasteiger partial charge in [-0.25, -0.2) is 0 Å². The molecule has 0 aliphatic carbocycles. The number of rotatable bonds is 3. The molecule has 0 heterocycles. The topological polar surface area (TPSA) is 49.7 Å². The molecule has 0 saturated heterocycles. The number of ether oxygens (including phenoxy) is 1. The molecule has 1 aromatic carbocycles. The maximum absolute atomic E-state index is 9.84. The first-order chi connectivity index (χ1) is 7.84. The lowest BCUT2D eigenvalue weighted by molar-refractivity contribution is 0.106. The molecule has 1 unspecified atom stereocenters. The summed E-state index contributed by atoms with van der Waals surface area (Å²) >= 11 is 0. The van der Waals surface area contributed by atoms with Gasteiger partial charge in [-0.15, -0.1) is 0 Å². The summed E-state index contributed by atoms with van der Waals surface area (Å²) in [6.45, 7) is 5.90. The second-order valence-electron chi connectivity index (χ2n) is 5.10. The van der Waals surface area contributed by atoms with E-state index in [1.54, 1.807) is 24.3 Å². The summed E-state index contributed by atoms with van der Waals surface area (Å²) in [6, 6.07) is 5.12. The largest absolute Gasteiger partial charge is 0.504 e. The Bertz CT molecular complexity index is 402. The molecule has 1 atom stereocenters. The Labute approximate surface area is 102 Å². The SMILES string of the molecule is COc1ccc(C=CC(O)C(C)(C)C)cc1O. The van der Waals surface area contributed by atoms with Crippen molar-refractivity contribution in [3.63, 3.8) is 0 Å². The van der Waals surface area contributed by atoms with Crippen molar-refractivity contribution in [1.82, 2.24) is 0 Å². The first kappa shape index (κ1) is 13.6. The molecule has 0 radical (unpaired) electrons. The van der Waals surface area contributed by atoms with Gasteiger partial charge in [0.15, 0.2) is 11.5 Å². The molecule has 0 amide bonds. The minimum absolute atomic E-state index is 0.0971.